The minimum Gasteiger partial charge on any atom is -0.358 e. The summed E-state index contributed by atoms with van der Waals surface area (Å²) in [7, 11) is 1.73. The molecule has 3 atom stereocenters. The van der Waals surface area contributed by atoms with Gasteiger partial charge in [-0.25, -0.2) is 0 Å². The Morgan fingerprint density at radius 2 is 1.78 bits per heavy atom. The molecule has 3 unspecified atom stereocenters. The van der Waals surface area contributed by atoms with Crippen molar-refractivity contribution in [2.24, 2.45) is 17.8 Å². The summed E-state index contributed by atoms with van der Waals surface area (Å²) in [6.07, 6.45) is 4.80. The molecule has 0 spiro atoms. The molecule has 0 bridgehead atoms. The van der Waals surface area contributed by atoms with Gasteiger partial charge in [0.2, 0.25) is 5.91 Å². The lowest BCUT2D eigenvalue weighted by Crippen LogP contribution is -2.53. The SMILES string of the molecule is CNC(=O)C(CC(C)C)NC1C(C)CCCC1C. The fourth-order valence-corrected chi connectivity index (χ4v) is 3.14. The fourth-order valence-electron chi connectivity index (χ4n) is 3.14. The van der Waals surface area contributed by atoms with Crippen molar-refractivity contribution >= 4 is 5.91 Å². The lowest BCUT2D eigenvalue weighted by molar-refractivity contribution is -0.123. The molecule has 0 aromatic rings. The molecule has 0 aromatic carbocycles. The maximum atomic E-state index is 12.0. The first-order valence-corrected chi connectivity index (χ1v) is 7.43. The van der Waals surface area contributed by atoms with Crippen LogP contribution in [0.15, 0.2) is 0 Å². The van der Waals surface area contributed by atoms with E-state index in [-0.39, 0.29) is 11.9 Å². The van der Waals surface area contributed by atoms with Crippen molar-refractivity contribution in [3.05, 3.63) is 0 Å². The molecule has 3 heteroatoms. The molecule has 106 valence electrons. The van der Waals surface area contributed by atoms with E-state index in [1.807, 2.05) is 0 Å². The number of rotatable bonds is 5. The van der Waals surface area contributed by atoms with Gasteiger partial charge in [0.25, 0.3) is 0 Å². The first-order chi connectivity index (χ1) is 8.45. The molecule has 1 aliphatic rings. The van der Waals surface area contributed by atoms with E-state index >= 15 is 0 Å². The summed E-state index contributed by atoms with van der Waals surface area (Å²) in [4.78, 5) is 12.0. The molecule has 0 saturated heterocycles. The first-order valence-electron chi connectivity index (χ1n) is 7.43. The molecule has 1 fully saturated rings. The Morgan fingerprint density at radius 1 is 1.22 bits per heavy atom. The highest BCUT2D eigenvalue weighted by Gasteiger charge is 2.31. The number of amides is 1. The monoisotopic (exact) mass is 254 g/mol. The quantitative estimate of drug-likeness (QED) is 0.791. The molecule has 18 heavy (non-hydrogen) atoms. The number of hydrogen-bond donors (Lipinski definition) is 2. The molecule has 0 aromatic heterocycles. The molecule has 1 aliphatic carbocycles. The van der Waals surface area contributed by atoms with Gasteiger partial charge in [0.1, 0.15) is 0 Å². The van der Waals surface area contributed by atoms with Crippen LogP contribution in [0.1, 0.15) is 53.4 Å². The molecule has 1 rings (SSSR count). The van der Waals surface area contributed by atoms with Gasteiger partial charge in [-0.2, -0.15) is 0 Å². The van der Waals surface area contributed by atoms with Crippen LogP contribution in [0.3, 0.4) is 0 Å². The molecule has 0 aliphatic heterocycles. The zero-order valence-electron chi connectivity index (χ0n) is 12.6. The normalized spacial score (nSPS) is 30.2. The van der Waals surface area contributed by atoms with Gasteiger partial charge in [-0.1, -0.05) is 34.1 Å². The fraction of sp³-hybridized carbons (Fsp3) is 0.933. The largest absolute Gasteiger partial charge is 0.358 e. The van der Waals surface area contributed by atoms with Crippen LogP contribution in [0.4, 0.5) is 0 Å². The predicted octanol–water partition coefficient (Wildman–Crippen LogP) is 2.56. The molecule has 3 nitrogen and oxygen atoms in total. The van der Waals surface area contributed by atoms with E-state index in [4.69, 9.17) is 0 Å². The van der Waals surface area contributed by atoms with Crippen molar-refractivity contribution in [2.75, 3.05) is 7.05 Å². The topological polar surface area (TPSA) is 41.1 Å². The van der Waals surface area contributed by atoms with Crippen LogP contribution in [0.25, 0.3) is 0 Å². The molecular weight excluding hydrogens is 224 g/mol. The van der Waals surface area contributed by atoms with Crippen LogP contribution >= 0.6 is 0 Å². The highest BCUT2D eigenvalue weighted by molar-refractivity contribution is 5.81. The van der Waals surface area contributed by atoms with E-state index < -0.39 is 0 Å². The van der Waals surface area contributed by atoms with Crippen LogP contribution in [0.2, 0.25) is 0 Å². The molecule has 2 N–H and O–H groups in total. The number of likely N-dealkylation sites (N-methyl/N-ethyl adjacent to an activating group) is 1. The van der Waals surface area contributed by atoms with Gasteiger partial charge in [-0.05, 0) is 37.0 Å². The van der Waals surface area contributed by atoms with Gasteiger partial charge in [-0.15, -0.1) is 0 Å². The van der Waals surface area contributed by atoms with E-state index in [1.54, 1.807) is 7.05 Å². The second kappa shape index (κ2) is 7.13. The Balaban J connectivity index is 2.65. The second-order valence-corrected chi connectivity index (χ2v) is 6.37. The highest BCUT2D eigenvalue weighted by atomic mass is 16.2. The van der Waals surface area contributed by atoms with E-state index in [9.17, 15) is 4.79 Å². The third kappa shape index (κ3) is 4.27. The van der Waals surface area contributed by atoms with Crippen molar-refractivity contribution in [2.45, 2.75) is 65.5 Å². The zero-order chi connectivity index (χ0) is 13.7. The minimum atomic E-state index is -0.0389. The number of carbonyl (C=O) groups excluding carboxylic acids is 1. The Labute approximate surface area is 112 Å². The predicted molar refractivity (Wildman–Crippen MR) is 76.4 cm³/mol. The molecule has 1 amide bonds. The summed E-state index contributed by atoms with van der Waals surface area (Å²) in [6, 6.07) is 0.447. The van der Waals surface area contributed by atoms with E-state index in [0.29, 0.717) is 23.8 Å². The smallest absolute Gasteiger partial charge is 0.236 e. The van der Waals surface area contributed by atoms with Crippen molar-refractivity contribution < 1.29 is 4.79 Å². The third-order valence-corrected chi connectivity index (χ3v) is 4.21. The van der Waals surface area contributed by atoms with E-state index in [0.717, 1.165) is 6.42 Å². The van der Waals surface area contributed by atoms with Crippen molar-refractivity contribution in [3.63, 3.8) is 0 Å². The average Bonchev–Trinajstić information content (AvgIpc) is 2.31. The number of nitrogens with one attached hydrogen (secondary N) is 2. The van der Waals surface area contributed by atoms with E-state index in [2.05, 4.69) is 38.3 Å². The maximum Gasteiger partial charge on any atom is 0.236 e. The number of hydrogen-bond acceptors (Lipinski definition) is 2. The minimum absolute atomic E-state index is 0.0389. The van der Waals surface area contributed by atoms with E-state index in [1.165, 1.54) is 19.3 Å². The molecule has 1 saturated carbocycles. The standard InChI is InChI=1S/C15H30N2O/c1-10(2)9-13(15(18)16-5)17-14-11(3)7-6-8-12(14)4/h10-14,17H,6-9H2,1-5H3,(H,16,18). The van der Waals surface area contributed by atoms with Gasteiger partial charge < -0.3 is 10.6 Å². The van der Waals surface area contributed by atoms with Crippen LogP contribution in [0.5, 0.6) is 0 Å². The van der Waals surface area contributed by atoms with Crippen LogP contribution in [-0.4, -0.2) is 25.0 Å². The summed E-state index contributed by atoms with van der Waals surface area (Å²) in [5, 5.41) is 6.41. The first kappa shape index (κ1) is 15.5. The van der Waals surface area contributed by atoms with Gasteiger partial charge in [0.05, 0.1) is 6.04 Å². The summed E-state index contributed by atoms with van der Waals surface area (Å²) < 4.78 is 0. The van der Waals surface area contributed by atoms with Crippen LogP contribution in [0, 0.1) is 17.8 Å². The second-order valence-electron chi connectivity index (χ2n) is 6.37. The summed E-state index contributed by atoms with van der Waals surface area (Å²) >= 11 is 0. The Hall–Kier alpha value is -0.570. The Bertz CT molecular complexity index is 255. The zero-order valence-corrected chi connectivity index (χ0v) is 12.6. The Kier molecular flexibility index (Phi) is 6.13. The summed E-state index contributed by atoms with van der Waals surface area (Å²) in [5.41, 5.74) is 0. The lowest BCUT2D eigenvalue weighted by atomic mass is 9.78. The maximum absolute atomic E-state index is 12.0. The summed E-state index contributed by atoms with van der Waals surface area (Å²) in [5.74, 6) is 2.02. The van der Waals surface area contributed by atoms with Crippen molar-refractivity contribution in [1.29, 1.82) is 0 Å². The Morgan fingerprint density at radius 3 is 2.22 bits per heavy atom. The molecule has 0 heterocycles. The van der Waals surface area contributed by atoms with Gasteiger partial charge in [0.15, 0.2) is 0 Å². The van der Waals surface area contributed by atoms with Gasteiger partial charge in [-0.3, -0.25) is 4.79 Å². The van der Waals surface area contributed by atoms with Crippen LogP contribution in [-0.2, 0) is 4.79 Å². The number of carbonyl (C=O) groups is 1. The lowest BCUT2D eigenvalue weighted by Gasteiger charge is -2.38. The van der Waals surface area contributed by atoms with Gasteiger partial charge >= 0.3 is 0 Å². The van der Waals surface area contributed by atoms with Gasteiger partial charge in [0, 0.05) is 13.1 Å². The highest BCUT2D eigenvalue weighted by Crippen LogP contribution is 2.29. The van der Waals surface area contributed by atoms with Crippen molar-refractivity contribution in [1.82, 2.24) is 10.6 Å². The average molecular weight is 254 g/mol. The molecule has 0 radical (unpaired) electrons. The summed E-state index contributed by atoms with van der Waals surface area (Å²) in [6.45, 7) is 8.96. The van der Waals surface area contributed by atoms with Crippen molar-refractivity contribution in [3.8, 4) is 0 Å². The molecular formula is C15H30N2O. The van der Waals surface area contributed by atoms with Crippen LogP contribution < -0.4 is 10.6 Å². The third-order valence-electron chi connectivity index (χ3n) is 4.21.